The lowest BCUT2D eigenvalue weighted by Crippen LogP contribution is -2.23. The summed E-state index contributed by atoms with van der Waals surface area (Å²) in [4.78, 5) is 11.9. The molecule has 21 heavy (non-hydrogen) atoms. The Morgan fingerprint density at radius 2 is 1.95 bits per heavy atom. The SMILES string of the molecule is COC(=O)C(CNc1c(F)cccc1Cl)c1ccccc1. The van der Waals surface area contributed by atoms with Crippen LogP contribution in [0.3, 0.4) is 0 Å². The lowest BCUT2D eigenvalue weighted by Gasteiger charge is -2.17. The first-order valence-electron chi connectivity index (χ1n) is 6.44. The molecule has 3 nitrogen and oxygen atoms in total. The van der Waals surface area contributed by atoms with Gasteiger partial charge in [0.1, 0.15) is 5.82 Å². The van der Waals surface area contributed by atoms with E-state index >= 15 is 0 Å². The molecule has 0 spiro atoms. The van der Waals surface area contributed by atoms with Gasteiger partial charge in [0, 0.05) is 6.54 Å². The van der Waals surface area contributed by atoms with E-state index in [0.29, 0.717) is 0 Å². The van der Waals surface area contributed by atoms with Gasteiger partial charge < -0.3 is 10.1 Å². The van der Waals surface area contributed by atoms with E-state index in [9.17, 15) is 9.18 Å². The summed E-state index contributed by atoms with van der Waals surface area (Å²) in [6.45, 7) is 0.192. The number of carbonyl (C=O) groups excluding carboxylic acids is 1. The second-order valence-corrected chi connectivity index (χ2v) is 4.87. The molecule has 0 saturated carbocycles. The normalized spacial score (nSPS) is 11.8. The van der Waals surface area contributed by atoms with E-state index in [1.54, 1.807) is 6.07 Å². The molecule has 0 heterocycles. The van der Waals surface area contributed by atoms with E-state index in [1.807, 2.05) is 30.3 Å². The topological polar surface area (TPSA) is 38.3 Å². The summed E-state index contributed by atoms with van der Waals surface area (Å²) in [5, 5.41) is 3.16. The van der Waals surface area contributed by atoms with Crippen molar-refractivity contribution in [1.29, 1.82) is 0 Å². The molecular formula is C16H15ClFNO2. The average molecular weight is 308 g/mol. The number of benzene rings is 2. The van der Waals surface area contributed by atoms with Crippen LogP contribution >= 0.6 is 11.6 Å². The van der Waals surface area contributed by atoms with Gasteiger partial charge in [-0.2, -0.15) is 0 Å². The van der Waals surface area contributed by atoms with Crippen LogP contribution < -0.4 is 5.32 Å². The maximum absolute atomic E-state index is 13.7. The fourth-order valence-electron chi connectivity index (χ4n) is 2.04. The van der Waals surface area contributed by atoms with E-state index < -0.39 is 11.7 Å². The van der Waals surface area contributed by atoms with E-state index in [2.05, 4.69) is 5.32 Å². The standard InChI is InChI=1S/C16H15ClFNO2/c1-21-16(20)12(11-6-3-2-4-7-11)10-19-15-13(17)8-5-9-14(15)18/h2-9,12,19H,10H2,1H3. The van der Waals surface area contributed by atoms with Crippen LogP contribution in [-0.4, -0.2) is 19.6 Å². The molecule has 1 N–H and O–H groups in total. The zero-order chi connectivity index (χ0) is 15.2. The average Bonchev–Trinajstić information content (AvgIpc) is 2.50. The largest absolute Gasteiger partial charge is 0.468 e. The van der Waals surface area contributed by atoms with Crippen LogP contribution in [0.25, 0.3) is 0 Å². The van der Waals surface area contributed by atoms with Crippen molar-refractivity contribution in [1.82, 2.24) is 0 Å². The predicted molar refractivity (Wildman–Crippen MR) is 81.1 cm³/mol. The van der Waals surface area contributed by atoms with Crippen molar-refractivity contribution in [2.45, 2.75) is 5.92 Å². The summed E-state index contributed by atoms with van der Waals surface area (Å²) in [7, 11) is 1.33. The molecule has 0 bridgehead atoms. The molecule has 110 valence electrons. The third-order valence-electron chi connectivity index (χ3n) is 3.13. The third kappa shape index (κ3) is 3.73. The Hall–Kier alpha value is -2.07. The highest BCUT2D eigenvalue weighted by atomic mass is 35.5. The molecule has 2 aromatic carbocycles. The smallest absolute Gasteiger partial charge is 0.314 e. The fourth-order valence-corrected chi connectivity index (χ4v) is 2.27. The van der Waals surface area contributed by atoms with Crippen LogP contribution in [0.1, 0.15) is 11.5 Å². The molecule has 0 aliphatic rings. The highest BCUT2D eigenvalue weighted by molar-refractivity contribution is 6.33. The van der Waals surface area contributed by atoms with Crippen LogP contribution in [0, 0.1) is 5.82 Å². The maximum Gasteiger partial charge on any atom is 0.314 e. The number of anilines is 1. The Morgan fingerprint density at radius 1 is 1.24 bits per heavy atom. The van der Waals surface area contributed by atoms with E-state index in [1.165, 1.54) is 19.2 Å². The lowest BCUT2D eigenvalue weighted by molar-refractivity contribution is -0.142. The maximum atomic E-state index is 13.7. The first kappa shape index (κ1) is 15.3. The molecule has 1 unspecified atom stereocenters. The minimum absolute atomic E-state index is 0.184. The number of halogens is 2. The predicted octanol–water partition coefficient (Wildman–Crippen LogP) is 3.85. The van der Waals surface area contributed by atoms with Gasteiger partial charge in [-0.3, -0.25) is 4.79 Å². The van der Waals surface area contributed by atoms with Gasteiger partial charge in [-0.1, -0.05) is 48.0 Å². The van der Waals surface area contributed by atoms with E-state index in [-0.39, 0.29) is 23.2 Å². The van der Waals surface area contributed by atoms with Gasteiger partial charge in [-0.25, -0.2) is 4.39 Å². The van der Waals surface area contributed by atoms with Crippen molar-refractivity contribution in [3.05, 3.63) is 64.9 Å². The Balaban J connectivity index is 2.19. The molecule has 0 aliphatic carbocycles. The van der Waals surface area contributed by atoms with Gasteiger partial charge in [0.25, 0.3) is 0 Å². The minimum atomic E-state index is -0.535. The first-order chi connectivity index (χ1) is 10.1. The lowest BCUT2D eigenvalue weighted by atomic mass is 9.99. The number of carbonyl (C=O) groups is 1. The van der Waals surface area contributed by atoms with Gasteiger partial charge in [-0.05, 0) is 17.7 Å². The molecule has 0 saturated heterocycles. The molecule has 0 fully saturated rings. The summed E-state index contributed by atoms with van der Waals surface area (Å²) in [6.07, 6.45) is 0. The number of hydrogen-bond acceptors (Lipinski definition) is 3. The molecular weight excluding hydrogens is 293 g/mol. The quantitative estimate of drug-likeness (QED) is 0.853. The molecule has 0 radical (unpaired) electrons. The van der Waals surface area contributed by atoms with Gasteiger partial charge >= 0.3 is 5.97 Å². The first-order valence-corrected chi connectivity index (χ1v) is 6.82. The second kappa shape index (κ2) is 7.09. The van der Waals surface area contributed by atoms with Crippen molar-refractivity contribution in [2.75, 3.05) is 19.0 Å². The van der Waals surface area contributed by atoms with Crippen molar-refractivity contribution in [2.24, 2.45) is 0 Å². The number of esters is 1. The Labute approximate surface area is 127 Å². The molecule has 0 aliphatic heterocycles. The zero-order valence-electron chi connectivity index (χ0n) is 11.5. The Kier molecular flexibility index (Phi) is 5.17. The number of ether oxygens (including phenoxy) is 1. The van der Waals surface area contributed by atoms with E-state index in [0.717, 1.165) is 5.56 Å². The Bertz CT molecular complexity index is 599. The molecule has 1 atom stereocenters. The van der Waals surface area contributed by atoms with E-state index in [4.69, 9.17) is 16.3 Å². The number of hydrogen-bond donors (Lipinski definition) is 1. The monoisotopic (exact) mass is 307 g/mol. The van der Waals surface area contributed by atoms with Crippen molar-refractivity contribution in [3.63, 3.8) is 0 Å². The summed E-state index contributed by atoms with van der Waals surface area (Å²) < 4.78 is 18.5. The second-order valence-electron chi connectivity index (χ2n) is 4.46. The highest BCUT2D eigenvalue weighted by Gasteiger charge is 2.22. The number of para-hydroxylation sites is 1. The van der Waals surface area contributed by atoms with Gasteiger partial charge in [-0.15, -0.1) is 0 Å². The summed E-state index contributed by atoms with van der Waals surface area (Å²) >= 11 is 5.95. The summed E-state index contributed by atoms with van der Waals surface area (Å²) in [5.41, 5.74) is 0.980. The third-order valence-corrected chi connectivity index (χ3v) is 3.45. The van der Waals surface area contributed by atoms with Crippen LogP contribution in [0.4, 0.5) is 10.1 Å². The van der Waals surface area contributed by atoms with Crippen molar-refractivity contribution >= 4 is 23.3 Å². The van der Waals surface area contributed by atoms with Crippen LogP contribution in [0.2, 0.25) is 5.02 Å². The summed E-state index contributed by atoms with van der Waals surface area (Å²) in [6, 6.07) is 13.6. The number of methoxy groups -OCH3 is 1. The molecule has 2 rings (SSSR count). The number of nitrogens with one attached hydrogen (secondary N) is 1. The van der Waals surface area contributed by atoms with Gasteiger partial charge in [0.15, 0.2) is 0 Å². The molecule has 5 heteroatoms. The molecule has 0 amide bonds. The highest BCUT2D eigenvalue weighted by Crippen LogP contribution is 2.26. The fraction of sp³-hybridized carbons (Fsp3) is 0.188. The zero-order valence-corrected chi connectivity index (χ0v) is 12.2. The van der Waals surface area contributed by atoms with Gasteiger partial charge in [0.05, 0.1) is 23.7 Å². The van der Waals surface area contributed by atoms with Crippen molar-refractivity contribution < 1.29 is 13.9 Å². The Morgan fingerprint density at radius 3 is 2.57 bits per heavy atom. The van der Waals surface area contributed by atoms with Crippen LogP contribution in [0.15, 0.2) is 48.5 Å². The molecule has 2 aromatic rings. The number of rotatable bonds is 5. The molecule has 0 aromatic heterocycles. The van der Waals surface area contributed by atoms with Crippen LogP contribution in [-0.2, 0) is 9.53 Å². The summed E-state index contributed by atoms with van der Waals surface area (Å²) in [5.74, 6) is -1.38. The van der Waals surface area contributed by atoms with Crippen molar-refractivity contribution in [3.8, 4) is 0 Å². The van der Waals surface area contributed by atoms with Gasteiger partial charge in [0.2, 0.25) is 0 Å². The van der Waals surface area contributed by atoms with Crippen LogP contribution in [0.5, 0.6) is 0 Å². The minimum Gasteiger partial charge on any atom is -0.468 e.